The van der Waals surface area contributed by atoms with E-state index in [0.717, 1.165) is 16.8 Å². The minimum absolute atomic E-state index is 0.118. The second kappa shape index (κ2) is 12.8. The van der Waals surface area contributed by atoms with Gasteiger partial charge in [0.1, 0.15) is 11.6 Å². The van der Waals surface area contributed by atoms with Crippen molar-refractivity contribution in [1.82, 2.24) is 4.90 Å². The number of anilines is 2. The van der Waals surface area contributed by atoms with E-state index in [-0.39, 0.29) is 49.3 Å². The maximum atomic E-state index is 15.2. The molecule has 3 saturated heterocycles. The molecule has 2 aromatic carbocycles. The summed E-state index contributed by atoms with van der Waals surface area (Å²) >= 11 is 0. The van der Waals surface area contributed by atoms with Crippen LogP contribution in [0.25, 0.3) is 0 Å². The third kappa shape index (κ3) is 5.20. The van der Waals surface area contributed by atoms with E-state index < -0.39 is 35.1 Å². The zero-order chi connectivity index (χ0) is 33.6. The number of carbonyl (C=O) groups excluding carboxylic acids is 3. The van der Waals surface area contributed by atoms with Gasteiger partial charge >= 0.3 is 0 Å². The summed E-state index contributed by atoms with van der Waals surface area (Å²) in [6.07, 6.45) is 4.31. The molecule has 8 nitrogen and oxygen atoms in total. The SMILES string of the molecule is C=CCN(C(=O)[C@@H]1[C@H]2C(=O)N([C@@H](CO)CC(C)C)C(C(=O)N(CC=C)c3c(C)cccc3C)C23CC(C)[C@@]1(C)O3)c1ccccc1. The second-order valence-electron chi connectivity index (χ2n) is 14.0. The Hall–Kier alpha value is -3.75. The molecule has 8 heteroatoms. The Bertz CT molecular complexity index is 1490. The van der Waals surface area contributed by atoms with Crippen molar-refractivity contribution in [2.75, 3.05) is 29.5 Å². The van der Waals surface area contributed by atoms with Gasteiger partial charge in [0.25, 0.3) is 5.91 Å². The minimum atomic E-state index is -1.25. The number of aliphatic hydroxyl groups is 1. The standard InChI is InChI=1S/C38H49N3O5/c1-9-19-39(28-17-12-11-13-18-28)34(43)30-31-35(44)41(29(23-42)21-24(3)4)33(38(31)22-27(7)37(30,8)46-38)36(45)40(20-10-2)32-25(5)15-14-16-26(32)6/h9-18,24,27,29-31,33,42H,1-2,19-23H2,3-8H3/t27?,29-,30+,31+,33?,37-,38?/m1/s1. The lowest BCUT2D eigenvalue weighted by Crippen LogP contribution is -2.59. The van der Waals surface area contributed by atoms with Gasteiger partial charge in [0.05, 0.1) is 30.1 Å². The largest absolute Gasteiger partial charge is 0.394 e. The van der Waals surface area contributed by atoms with Gasteiger partial charge in [-0.05, 0) is 68.7 Å². The molecular weight excluding hydrogens is 578 g/mol. The summed E-state index contributed by atoms with van der Waals surface area (Å²) in [5.74, 6) is -2.52. The van der Waals surface area contributed by atoms with Gasteiger partial charge in [-0.25, -0.2) is 0 Å². The molecule has 0 radical (unpaired) electrons. The normalized spacial score (nSPS) is 28.7. The number of fused-ring (bicyclic) bond motifs is 1. The van der Waals surface area contributed by atoms with Crippen LogP contribution in [-0.4, -0.2) is 70.7 Å². The molecule has 1 N–H and O–H groups in total. The number of hydrogen-bond donors (Lipinski definition) is 1. The van der Waals surface area contributed by atoms with E-state index >= 15 is 4.79 Å². The monoisotopic (exact) mass is 627 g/mol. The van der Waals surface area contributed by atoms with E-state index in [0.29, 0.717) is 18.5 Å². The molecule has 0 aliphatic carbocycles. The van der Waals surface area contributed by atoms with Crippen LogP contribution in [0.5, 0.6) is 0 Å². The third-order valence-electron chi connectivity index (χ3n) is 10.5. The molecular formula is C38H49N3O5. The highest BCUT2D eigenvalue weighted by Gasteiger charge is 2.80. The van der Waals surface area contributed by atoms with Crippen LogP contribution in [0, 0.1) is 37.5 Å². The van der Waals surface area contributed by atoms with Crippen LogP contribution in [0.3, 0.4) is 0 Å². The van der Waals surface area contributed by atoms with Crippen LogP contribution in [0.1, 0.15) is 51.7 Å². The van der Waals surface area contributed by atoms with Crippen molar-refractivity contribution in [3.05, 3.63) is 85.0 Å². The summed E-state index contributed by atoms with van der Waals surface area (Å²) in [7, 11) is 0. The highest BCUT2D eigenvalue weighted by Crippen LogP contribution is 2.66. The van der Waals surface area contributed by atoms with Gasteiger partial charge in [0, 0.05) is 24.5 Å². The van der Waals surface area contributed by atoms with Crippen LogP contribution >= 0.6 is 0 Å². The molecule has 3 unspecified atom stereocenters. The Morgan fingerprint density at radius 1 is 1.02 bits per heavy atom. The summed E-state index contributed by atoms with van der Waals surface area (Å²) in [5.41, 5.74) is 1.09. The topological polar surface area (TPSA) is 90.4 Å². The Morgan fingerprint density at radius 2 is 1.63 bits per heavy atom. The zero-order valence-corrected chi connectivity index (χ0v) is 28.1. The van der Waals surface area contributed by atoms with E-state index in [2.05, 4.69) is 13.2 Å². The molecule has 0 saturated carbocycles. The molecule has 1 spiro atoms. The molecule has 0 aromatic heterocycles. The van der Waals surface area contributed by atoms with Crippen LogP contribution < -0.4 is 9.80 Å². The maximum Gasteiger partial charge on any atom is 0.253 e. The van der Waals surface area contributed by atoms with Crippen LogP contribution in [0.4, 0.5) is 11.4 Å². The number of aryl methyl sites for hydroxylation is 2. The van der Waals surface area contributed by atoms with Crippen molar-refractivity contribution >= 4 is 29.1 Å². The number of ether oxygens (including phenoxy) is 1. The molecule has 2 aromatic rings. The first-order valence-corrected chi connectivity index (χ1v) is 16.5. The van der Waals surface area contributed by atoms with Crippen LogP contribution in [0.2, 0.25) is 0 Å². The first-order valence-electron chi connectivity index (χ1n) is 16.5. The highest BCUT2D eigenvalue weighted by molar-refractivity contribution is 6.07. The molecule has 3 amide bonds. The first kappa shape index (κ1) is 33.6. The Labute approximate surface area is 273 Å². The van der Waals surface area contributed by atoms with Crippen molar-refractivity contribution in [2.45, 2.75) is 77.7 Å². The van der Waals surface area contributed by atoms with Crippen LogP contribution in [0.15, 0.2) is 73.8 Å². The molecule has 7 atom stereocenters. The minimum Gasteiger partial charge on any atom is -0.394 e. The lowest BCUT2D eigenvalue weighted by molar-refractivity contribution is -0.149. The van der Waals surface area contributed by atoms with Gasteiger partial charge in [-0.1, -0.05) is 69.3 Å². The number of nitrogens with zero attached hydrogens (tertiary/aromatic N) is 3. The molecule has 2 bridgehead atoms. The number of benzene rings is 2. The van der Waals surface area contributed by atoms with E-state index in [9.17, 15) is 14.7 Å². The second-order valence-corrected chi connectivity index (χ2v) is 14.0. The maximum absolute atomic E-state index is 15.2. The first-order chi connectivity index (χ1) is 21.9. The average Bonchev–Trinajstić information content (AvgIpc) is 3.54. The number of amides is 3. The van der Waals surface area contributed by atoms with E-state index in [1.54, 1.807) is 26.9 Å². The molecule has 46 heavy (non-hydrogen) atoms. The van der Waals surface area contributed by atoms with E-state index in [4.69, 9.17) is 4.74 Å². The fourth-order valence-corrected chi connectivity index (χ4v) is 8.57. The van der Waals surface area contributed by atoms with Gasteiger partial charge in [-0.15, -0.1) is 13.2 Å². The van der Waals surface area contributed by atoms with Gasteiger partial charge in [0.2, 0.25) is 11.8 Å². The summed E-state index contributed by atoms with van der Waals surface area (Å²) in [4.78, 5) is 49.9. The fourth-order valence-electron chi connectivity index (χ4n) is 8.57. The molecule has 3 heterocycles. The van der Waals surface area contributed by atoms with Crippen LogP contribution in [-0.2, 0) is 19.1 Å². The zero-order valence-electron chi connectivity index (χ0n) is 28.1. The highest BCUT2D eigenvalue weighted by atomic mass is 16.5. The Kier molecular flexibility index (Phi) is 9.35. The van der Waals surface area contributed by atoms with Gasteiger partial charge in [-0.2, -0.15) is 0 Å². The summed E-state index contributed by atoms with van der Waals surface area (Å²) in [6.45, 7) is 20.0. The Balaban J connectivity index is 1.69. The van der Waals surface area contributed by atoms with Gasteiger partial charge in [-0.3, -0.25) is 14.4 Å². The number of rotatable bonds is 12. The average molecular weight is 628 g/mol. The molecule has 5 rings (SSSR count). The molecule has 3 aliphatic rings. The number of hydrogen-bond acceptors (Lipinski definition) is 5. The smallest absolute Gasteiger partial charge is 0.253 e. The number of carbonyl (C=O) groups is 3. The van der Waals surface area contributed by atoms with Crippen molar-refractivity contribution in [1.29, 1.82) is 0 Å². The van der Waals surface area contributed by atoms with E-state index in [1.807, 2.05) is 90.1 Å². The predicted molar refractivity (Wildman–Crippen MR) is 181 cm³/mol. The number of aliphatic hydroxyl groups excluding tert-OH is 1. The predicted octanol–water partition coefficient (Wildman–Crippen LogP) is 5.46. The summed E-state index contributed by atoms with van der Waals surface area (Å²) in [6, 6.07) is 13.6. The van der Waals surface area contributed by atoms with E-state index in [1.165, 1.54) is 0 Å². The van der Waals surface area contributed by atoms with Crippen molar-refractivity contribution in [3.63, 3.8) is 0 Å². The molecule has 246 valence electrons. The van der Waals surface area contributed by atoms with Crippen molar-refractivity contribution < 1.29 is 24.2 Å². The lowest BCUT2D eigenvalue weighted by Gasteiger charge is -2.40. The third-order valence-corrected chi connectivity index (χ3v) is 10.5. The number of likely N-dealkylation sites (tertiary alicyclic amines) is 1. The Morgan fingerprint density at radius 3 is 2.20 bits per heavy atom. The summed E-state index contributed by atoms with van der Waals surface area (Å²) < 4.78 is 7.05. The van der Waals surface area contributed by atoms with Gasteiger partial charge in [0.15, 0.2) is 0 Å². The lowest BCUT2D eigenvalue weighted by atomic mass is 9.62. The van der Waals surface area contributed by atoms with Crippen molar-refractivity contribution in [2.24, 2.45) is 23.7 Å². The molecule has 3 fully saturated rings. The van der Waals surface area contributed by atoms with Gasteiger partial charge < -0.3 is 24.5 Å². The number of para-hydroxylation sites is 2. The molecule has 3 aliphatic heterocycles. The fraction of sp³-hybridized carbons (Fsp3) is 0.500. The van der Waals surface area contributed by atoms with Crippen molar-refractivity contribution in [3.8, 4) is 0 Å². The summed E-state index contributed by atoms with van der Waals surface area (Å²) in [5, 5.41) is 10.8. The quantitative estimate of drug-likeness (QED) is 0.316.